The minimum Gasteiger partial charge on any atom is -0.384 e. The maximum absolute atomic E-state index is 12.1. The first-order valence-electron chi connectivity index (χ1n) is 8.37. The molecule has 1 amide bonds. The van der Waals surface area contributed by atoms with E-state index < -0.39 is 0 Å². The van der Waals surface area contributed by atoms with Crippen molar-refractivity contribution in [2.75, 3.05) is 44.9 Å². The predicted molar refractivity (Wildman–Crippen MR) is 110 cm³/mol. The van der Waals surface area contributed by atoms with Gasteiger partial charge in [-0.2, -0.15) is 0 Å². The van der Waals surface area contributed by atoms with Gasteiger partial charge in [0.05, 0.1) is 18.1 Å². The predicted octanol–water partition coefficient (Wildman–Crippen LogP) is 2.81. The minimum absolute atomic E-state index is 0. The number of nitrogens with one attached hydrogen (secondary N) is 2. The number of carbonyl (C=O) groups excluding carboxylic acids is 2. The van der Waals surface area contributed by atoms with Crippen LogP contribution in [0.25, 0.3) is 0 Å². The van der Waals surface area contributed by atoms with Crippen molar-refractivity contribution < 1.29 is 14.3 Å². The Kier molecular flexibility index (Phi) is 10.6. The van der Waals surface area contributed by atoms with Gasteiger partial charge in [0.2, 0.25) is 5.91 Å². The third-order valence-corrected chi connectivity index (χ3v) is 5.59. The molecule has 1 heterocycles. The maximum Gasteiger partial charge on any atom is 0.230 e. The van der Waals surface area contributed by atoms with Crippen molar-refractivity contribution in [1.29, 1.82) is 0 Å². The normalized spacial score (nSPS) is 15.8. The van der Waals surface area contributed by atoms with Crippen LogP contribution in [-0.4, -0.2) is 56.5 Å². The molecule has 0 radical (unpaired) electrons. The molecule has 26 heavy (non-hydrogen) atoms. The van der Waals surface area contributed by atoms with Crippen molar-refractivity contribution in [3.05, 3.63) is 34.9 Å². The van der Waals surface area contributed by atoms with E-state index in [1.165, 1.54) is 11.8 Å². The van der Waals surface area contributed by atoms with E-state index >= 15 is 0 Å². The van der Waals surface area contributed by atoms with Gasteiger partial charge >= 0.3 is 0 Å². The number of hydrogen-bond donors (Lipinski definition) is 2. The Morgan fingerprint density at radius 3 is 2.50 bits per heavy atom. The van der Waals surface area contributed by atoms with E-state index in [-0.39, 0.29) is 41.0 Å². The maximum atomic E-state index is 12.1. The Labute approximate surface area is 170 Å². The zero-order valence-electron chi connectivity index (χ0n) is 14.9. The lowest BCUT2D eigenvalue weighted by atomic mass is 9.79. The zero-order chi connectivity index (χ0) is 18.1. The van der Waals surface area contributed by atoms with Crippen LogP contribution in [0.1, 0.15) is 23.2 Å². The van der Waals surface area contributed by atoms with Crippen LogP contribution in [0, 0.1) is 5.41 Å². The molecule has 146 valence electrons. The molecule has 2 rings (SSSR count). The number of rotatable bonds is 9. The smallest absolute Gasteiger partial charge is 0.230 e. The second kappa shape index (κ2) is 11.8. The molecule has 0 bridgehead atoms. The topological polar surface area (TPSA) is 67.4 Å². The van der Waals surface area contributed by atoms with E-state index in [1.807, 2.05) is 0 Å². The number of methoxy groups -OCH3 is 1. The molecule has 1 aromatic carbocycles. The third kappa shape index (κ3) is 7.45. The fourth-order valence-electron chi connectivity index (χ4n) is 2.93. The summed E-state index contributed by atoms with van der Waals surface area (Å²) in [7, 11) is 1.70. The van der Waals surface area contributed by atoms with Crippen LogP contribution in [0.5, 0.6) is 0 Å². The molecular weight excluding hydrogens is 395 g/mol. The molecule has 5 nitrogen and oxygen atoms in total. The Balaban J connectivity index is 0.00000338. The fraction of sp³-hybridized carbons (Fsp3) is 0.556. The van der Waals surface area contributed by atoms with Gasteiger partial charge in [-0.3, -0.25) is 9.59 Å². The number of Topliss-reactive ketones (excluding diaryl/α,β-unsaturated/α-hetero) is 1. The summed E-state index contributed by atoms with van der Waals surface area (Å²) in [4.78, 5) is 24.1. The molecule has 0 atom stereocenters. The van der Waals surface area contributed by atoms with E-state index in [2.05, 4.69) is 10.6 Å². The van der Waals surface area contributed by atoms with Gasteiger partial charge in [-0.1, -0.05) is 11.6 Å². The van der Waals surface area contributed by atoms with Gasteiger partial charge in [-0.15, -0.1) is 24.2 Å². The first-order valence-corrected chi connectivity index (χ1v) is 9.91. The molecule has 1 aliphatic rings. The Hall–Kier alpha value is -0.790. The summed E-state index contributed by atoms with van der Waals surface area (Å²) in [5.41, 5.74) is 0.630. The van der Waals surface area contributed by atoms with Crippen molar-refractivity contribution in [3.8, 4) is 0 Å². The molecule has 1 aromatic rings. The second-order valence-corrected chi connectivity index (χ2v) is 7.80. The molecule has 1 fully saturated rings. The van der Waals surface area contributed by atoms with E-state index in [1.54, 1.807) is 31.4 Å². The highest BCUT2D eigenvalue weighted by atomic mass is 35.5. The van der Waals surface area contributed by atoms with Gasteiger partial charge in [0.15, 0.2) is 5.78 Å². The largest absolute Gasteiger partial charge is 0.384 e. The first-order chi connectivity index (χ1) is 12.0. The Morgan fingerprint density at radius 1 is 1.23 bits per heavy atom. The van der Waals surface area contributed by atoms with E-state index in [4.69, 9.17) is 16.3 Å². The van der Waals surface area contributed by atoms with Gasteiger partial charge in [-0.25, -0.2) is 0 Å². The standard InChI is InChI=1S/C18H25ClN2O3S.ClH/c1-24-13-18(6-8-20-9-7-18)12-21-17(23)11-25-10-16(22)14-2-4-15(19)5-3-14;/h2-5,20H,6-13H2,1H3,(H,21,23);1H. The number of ketones is 1. The lowest BCUT2D eigenvalue weighted by Gasteiger charge is -2.37. The summed E-state index contributed by atoms with van der Waals surface area (Å²) >= 11 is 7.14. The molecule has 1 saturated heterocycles. The highest BCUT2D eigenvalue weighted by molar-refractivity contribution is 8.00. The number of ether oxygens (including phenoxy) is 1. The average molecular weight is 421 g/mol. The summed E-state index contributed by atoms with van der Waals surface area (Å²) < 4.78 is 5.35. The zero-order valence-corrected chi connectivity index (χ0v) is 17.3. The molecule has 2 N–H and O–H groups in total. The van der Waals surface area contributed by atoms with Gasteiger partial charge in [0.1, 0.15) is 0 Å². The van der Waals surface area contributed by atoms with Gasteiger partial charge < -0.3 is 15.4 Å². The Bertz CT molecular complexity index is 573. The van der Waals surface area contributed by atoms with E-state index in [9.17, 15) is 9.59 Å². The van der Waals surface area contributed by atoms with Crippen LogP contribution in [0.3, 0.4) is 0 Å². The Morgan fingerprint density at radius 2 is 1.88 bits per heavy atom. The second-order valence-electron chi connectivity index (χ2n) is 6.38. The SMILES string of the molecule is COCC1(CNC(=O)CSCC(=O)c2ccc(Cl)cc2)CCNCC1.Cl. The molecule has 0 aliphatic carbocycles. The van der Waals surface area contributed by atoms with Crippen LogP contribution >= 0.6 is 35.8 Å². The summed E-state index contributed by atoms with van der Waals surface area (Å²) in [6.45, 7) is 3.16. The number of piperidine rings is 1. The van der Waals surface area contributed by atoms with Crippen LogP contribution in [0.4, 0.5) is 0 Å². The van der Waals surface area contributed by atoms with Gasteiger partial charge in [-0.05, 0) is 50.2 Å². The average Bonchev–Trinajstić information content (AvgIpc) is 2.62. The van der Waals surface area contributed by atoms with Crippen LogP contribution < -0.4 is 10.6 Å². The number of carbonyl (C=O) groups is 2. The van der Waals surface area contributed by atoms with E-state index in [0.29, 0.717) is 23.7 Å². The van der Waals surface area contributed by atoms with Crippen molar-refractivity contribution in [2.45, 2.75) is 12.8 Å². The highest BCUT2D eigenvalue weighted by Crippen LogP contribution is 2.28. The first kappa shape index (κ1) is 23.2. The number of amides is 1. The van der Waals surface area contributed by atoms with E-state index in [0.717, 1.165) is 25.9 Å². The number of thioether (sulfide) groups is 1. The quantitative estimate of drug-likeness (QED) is 0.601. The van der Waals surface area contributed by atoms with Crippen molar-refractivity contribution in [2.24, 2.45) is 5.41 Å². The summed E-state index contributed by atoms with van der Waals surface area (Å²) in [5, 5.41) is 6.94. The van der Waals surface area contributed by atoms with Gasteiger partial charge in [0, 0.05) is 29.7 Å². The minimum atomic E-state index is -0.0390. The van der Waals surface area contributed by atoms with Gasteiger partial charge in [0.25, 0.3) is 0 Å². The van der Waals surface area contributed by atoms with Crippen molar-refractivity contribution in [3.63, 3.8) is 0 Å². The molecule has 0 saturated carbocycles. The molecule has 1 aliphatic heterocycles. The number of hydrogen-bond acceptors (Lipinski definition) is 5. The molecule has 8 heteroatoms. The number of halogens is 2. The van der Waals surface area contributed by atoms with Crippen molar-refractivity contribution >= 4 is 47.5 Å². The lowest BCUT2D eigenvalue weighted by Crippen LogP contribution is -2.47. The molecule has 0 spiro atoms. The summed E-state index contributed by atoms with van der Waals surface area (Å²) in [6, 6.07) is 6.80. The third-order valence-electron chi connectivity index (χ3n) is 4.41. The molecular formula is C18H26Cl2N2O3S. The molecule has 0 unspecified atom stereocenters. The lowest BCUT2D eigenvalue weighted by molar-refractivity contribution is -0.119. The summed E-state index contributed by atoms with van der Waals surface area (Å²) in [5.74, 6) is 0.523. The monoisotopic (exact) mass is 420 g/mol. The van der Waals surface area contributed by atoms with Crippen LogP contribution in [0.15, 0.2) is 24.3 Å². The highest BCUT2D eigenvalue weighted by Gasteiger charge is 2.32. The fourth-order valence-corrected chi connectivity index (χ4v) is 3.80. The van der Waals surface area contributed by atoms with Crippen molar-refractivity contribution in [1.82, 2.24) is 10.6 Å². The van der Waals surface area contributed by atoms with Crippen LogP contribution in [-0.2, 0) is 9.53 Å². The number of benzene rings is 1. The van der Waals surface area contributed by atoms with Crippen LogP contribution in [0.2, 0.25) is 5.02 Å². The molecule has 0 aromatic heterocycles. The summed E-state index contributed by atoms with van der Waals surface area (Å²) in [6.07, 6.45) is 1.98.